The third kappa shape index (κ3) is 4.06. The first-order chi connectivity index (χ1) is 10.3. The van der Waals surface area contributed by atoms with Crippen LogP contribution in [0.5, 0.6) is 5.75 Å². The maximum Gasteiger partial charge on any atom is 0.122 e. The molecule has 2 atom stereocenters. The van der Waals surface area contributed by atoms with Gasteiger partial charge in [0, 0.05) is 24.1 Å². The summed E-state index contributed by atoms with van der Waals surface area (Å²) in [5.74, 6) is 0.979. The fourth-order valence-corrected chi connectivity index (χ4v) is 2.63. The van der Waals surface area contributed by atoms with Crippen molar-refractivity contribution in [3.8, 4) is 5.75 Å². The first-order valence-corrected chi connectivity index (χ1v) is 7.47. The summed E-state index contributed by atoms with van der Waals surface area (Å²) in [6.45, 7) is 3.14. The highest BCUT2D eigenvalue weighted by Crippen LogP contribution is 2.29. The molecule has 0 bridgehead atoms. The number of para-hydroxylation sites is 1. The lowest BCUT2D eigenvalue weighted by Gasteiger charge is -2.25. The highest BCUT2D eigenvalue weighted by molar-refractivity contribution is 5.38. The van der Waals surface area contributed by atoms with E-state index in [1.165, 1.54) is 5.56 Å². The summed E-state index contributed by atoms with van der Waals surface area (Å²) in [7, 11) is 0. The van der Waals surface area contributed by atoms with Gasteiger partial charge in [-0.1, -0.05) is 48.5 Å². The van der Waals surface area contributed by atoms with Crippen LogP contribution in [0.15, 0.2) is 54.6 Å². The Kier molecular flexibility index (Phi) is 5.78. The predicted octanol–water partition coefficient (Wildman–Crippen LogP) is 2.70. The molecule has 0 heterocycles. The molecule has 0 amide bonds. The molecule has 112 valence electrons. The number of rotatable bonds is 7. The van der Waals surface area contributed by atoms with Crippen molar-refractivity contribution in [2.45, 2.75) is 25.3 Å². The summed E-state index contributed by atoms with van der Waals surface area (Å²) >= 11 is 0. The molecule has 0 radical (unpaired) electrons. The summed E-state index contributed by atoms with van der Waals surface area (Å²) in [6.07, 6.45) is 0.809. The maximum absolute atomic E-state index is 6.42. The Bertz CT molecular complexity index is 542. The van der Waals surface area contributed by atoms with E-state index < -0.39 is 0 Å². The molecule has 2 rings (SSSR count). The van der Waals surface area contributed by atoms with Crippen LogP contribution in [-0.2, 0) is 6.42 Å². The van der Waals surface area contributed by atoms with Gasteiger partial charge in [-0.25, -0.2) is 0 Å². The van der Waals surface area contributed by atoms with Crippen LogP contribution in [0.25, 0.3) is 0 Å². The summed E-state index contributed by atoms with van der Waals surface area (Å²) in [6, 6.07) is 18.3. The monoisotopic (exact) mass is 284 g/mol. The highest BCUT2D eigenvalue weighted by atomic mass is 16.5. The molecule has 3 nitrogen and oxygen atoms in total. The zero-order chi connectivity index (χ0) is 15.1. The van der Waals surface area contributed by atoms with Gasteiger partial charge in [-0.2, -0.15) is 0 Å². The number of ether oxygens (including phenoxy) is 1. The summed E-state index contributed by atoms with van der Waals surface area (Å²) < 4.78 is 5.71. The molecular formula is C18H24N2O. The first-order valence-electron chi connectivity index (χ1n) is 7.47. The molecule has 21 heavy (non-hydrogen) atoms. The first kappa shape index (κ1) is 15.5. The van der Waals surface area contributed by atoms with E-state index in [1.54, 1.807) is 0 Å². The van der Waals surface area contributed by atoms with Crippen LogP contribution in [-0.4, -0.2) is 19.2 Å². The van der Waals surface area contributed by atoms with E-state index in [9.17, 15) is 0 Å². The Labute approximate surface area is 126 Å². The molecule has 0 spiro atoms. The molecule has 0 aliphatic carbocycles. The van der Waals surface area contributed by atoms with Crippen molar-refractivity contribution in [2.75, 3.05) is 13.2 Å². The van der Waals surface area contributed by atoms with E-state index in [0.29, 0.717) is 13.2 Å². The molecule has 2 aromatic carbocycles. The molecule has 0 aromatic heterocycles. The summed E-state index contributed by atoms with van der Waals surface area (Å²) in [5.41, 5.74) is 14.7. The van der Waals surface area contributed by atoms with Gasteiger partial charge in [0.15, 0.2) is 0 Å². The van der Waals surface area contributed by atoms with Gasteiger partial charge in [-0.05, 0) is 25.0 Å². The Morgan fingerprint density at radius 1 is 1.00 bits per heavy atom. The molecule has 0 saturated carbocycles. The van der Waals surface area contributed by atoms with E-state index >= 15 is 0 Å². The van der Waals surface area contributed by atoms with Crippen LogP contribution in [0.2, 0.25) is 0 Å². The van der Waals surface area contributed by atoms with Crippen LogP contribution < -0.4 is 16.2 Å². The van der Waals surface area contributed by atoms with Crippen molar-refractivity contribution in [1.82, 2.24) is 0 Å². The Morgan fingerprint density at radius 2 is 1.67 bits per heavy atom. The average molecular weight is 284 g/mol. The number of benzene rings is 2. The molecule has 0 aliphatic heterocycles. The number of hydrogen-bond donors (Lipinski definition) is 2. The standard InChI is InChI=1S/C18H24N2O/c1-2-21-18-11-7-6-10-15(18)16(13-19)17(20)12-14-8-4-3-5-9-14/h3-11,16-17H,2,12-13,19-20H2,1H3. The van der Waals surface area contributed by atoms with Crippen LogP contribution in [0.3, 0.4) is 0 Å². The van der Waals surface area contributed by atoms with Crippen molar-refractivity contribution < 1.29 is 4.74 Å². The van der Waals surface area contributed by atoms with Crippen LogP contribution in [0.1, 0.15) is 24.0 Å². The summed E-state index contributed by atoms with van der Waals surface area (Å²) in [4.78, 5) is 0. The average Bonchev–Trinajstić information content (AvgIpc) is 2.51. The maximum atomic E-state index is 6.42. The molecule has 4 N–H and O–H groups in total. The second kappa shape index (κ2) is 7.81. The minimum Gasteiger partial charge on any atom is -0.494 e. The second-order valence-electron chi connectivity index (χ2n) is 5.17. The molecule has 2 unspecified atom stereocenters. The second-order valence-corrected chi connectivity index (χ2v) is 5.17. The van der Waals surface area contributed by atoms with Gasteiger partial charge >= 0.3 is 0 Å². The van der Waals surface area contributed by atoms with E-state index in [-0.39, 0.29) is 12.0 Å². The van der Waals surface area contributed by atoms with Crippen molar-refractivity contribution in [3.05, 3.63) is 65.7 Å². The largest absolute Gasteiger partial charge is 0.494 e. The smallest absolute Gasteiger partial charge is 0.122 e. The van der Waals surface area contributed by atoms with E-state index in [2.05, 4.69) is 18.2 Å². The van der Waals surface area contributed by atoms with Gasteiger partial charge in [0.1, 0.15) is 5.75 Å². The van der Waals surface area contributed by atoms with E-state index in [4.69, 9.17) is 16.2 Å². The lowest BCUT2D eigenvalue weighted by atomic mass is 9.87. The van der Waals surface area contributed by atoms with Gasteiger partial charge in [0.05, 0.1) is 6.61 Å². The van der Waals surface area contributed by atoms with Crippen molar-refractivity contribution in [1.29, 1.82) is 0 Å². The minimum absolute atomic E-state index is 0.0287. The lowest BCUT2D eigenvalue weighted by molar-refractivity contribution is 0.331. The fraction of sp³-hybridized carbons (Fsp3) is 0.333. The number of nitrogens with two attached hydrogens (primary N) is 2. The third-order valence-electron chi connectivity index (χ3n) is 3.70. The minimum atomic E-state index is -0.0287. The van der Waals surface area contributed by atoms with Gasteiger partial charge < -0.3 is 16.2 Å². The quantitative estimate of drug-likeness (QED) is 0.821. The fourth-order valence-electron chi connectivity index (χ4n) is 2.63. The molecule has 2 aromatic rings. The van der Waals surface area contributed by atoms with Gasteiger partial charge in [-0.15, -0.1) is 0 Å². The molecule has 0 fully saturated rings. The van der Waals surface area contributed by atoms with Crippen LogP contribution in [0, 0.1) is 0 Å². The van der Waals surface area contributed by atoms with Gasteiger partial charge in [-0.3, -0.25) is 0 Å². The number of hydrogen-bond acceptors (Lipinski definition) is 3. The SMILES string of the molecule is CCOc1ccccc1C(CN)C(N)Cc1ccccc1. The third-order valence-corrected chi connectivity index (χ3v) is 3.70. The van der Waals surface area contributed by atoms with Gasteiger partial charge in [0.25, 0.3) is 0 Å². The van der Waals surface area contributed by atoms with Crippen molar-refractivity contribution in [2.24, 2.45) is 11.5 Å². The van der Waals surface area contributed by atoms with Crippen LogP contribution >= 0.6 is 0 Å². The Morgan fingerprint density at radius 3 is 2.33 bits per heavy atom. The topological polar surface area (TPSA) is 61.3 Å². The highest BCUT2D eigenvalue weighted by Gasteiger charge is 2.21. The van der Waals surface area contributed by atoms with Crippen LogP contribution in [0.4, 0.5) is 0 Å². The van der Waals surface area contributed by atoms with Gasteiger partial charge in [0.2, 0.25) is 0 Å². The summed E-state index contributed by atoms with van der Waals surface area (Å²) in [5, 5.41) is 0. The Hall–Kier alpha value is -1.84. The zero-order valence-corrected chi connectivity index (χ0v) is 12.5. The molecule has 0 saturated heterocycles. The van der Waals surface area contributed by atoms with Crippen molar-refractivity contribution in [3.63, 3.8) is 0 Å². The normalized spacial score (nSPS) is 13.7. The molecule has 0 aliphatic rings. The van der Waals surface area contributed by atoms with E-state index in [1.807, 2.05) is 43.3 Å². The Balaban J connectivity index is 2.19. The zero-order valence-electron chi connectivity index (χ0n) is 12.5. The lowest BCUT2D eigenvalue weighted by Crippen LogP contribution is -2.35. The molecule has 3 heteroatoms. The van der Waals surface area contributed by atoms with Crippen molar-refractivity contribution >= 4 is 0 Å². The van der Waals surface area contributed by atoms with E-state index in [0.717, 1.165) is 17.7 Å². The molecular weight excluding hydrogens is 260 g/mol. The predicted molar refractivity (Wildman–Crippen MR) is 87.5 cm³/mol.